The molecule has 1 fully saturated rings. The number of benzene rings is 1. The monoisotopic (exact) mass is 288 g/mol. The van der Waals surface area contributed by atoms with Crippen molar-refractivity contribution >= 4 is 0 Å². The van der Waals surface area contributed by atoms with Gasteiger partial charge in [0.05, 0.1) is 26.0 Å². The molecule has 0 bridgehead atoms. The Kier molecular flexibility index (Phi) is 4.10. The summed E-state index contributed by atoms with van der Waals surface area (Å²) < 4.78 is 18.6. The van der Waals surface area contributed by atoms with Crippen LogP contribution >= 0.6 is 0 Å². The van der Waals surface area contributed by atoms with Crippen LogP contribution in [0.3, 0.4) is 0 Å². The van der Waals surface area contributed by atoms with Gasteiger partial charge >= 0.3 is 0 Å². The van der Waals surface area contributed by atoms with E-state index < -0.39 is 0 Å². The SMILES string of the molecule is COc1cccc(OC)c1-c1cnn([C@@H]2CCCCO2)c1. The maximum Gasteiger partial charge on any atom is 0.150 e. The van der Waals surface area contributed by atoms with E-state index in [4.69, 9.17) is 14.2 Å². The van der Waals surface area contributed by atoms with Crippen LogP contribution in [-0.4, -0.2) is 30.6 Å². The Labute approximate surface area is 124 Å². The van der Waals surface area contributed by atoms with Crippen molar-refractivity contribution in [1.82, 2.24) is 9.78 Å². The third-order valence-corrected chi connectivity index (χ3v) is 3.77. The summed E-state index contributed by atoms with van der Waals surface area (Å²) in [5.41, 5.74) is 1.89. The number of methoxy groups -OCH3 is 2. The van der Waals surface area contributed by atoms with E-state index in [0.29, 0.717) is 0 Å². The van der Waals surface area contributed by atoms with Crippen LogP contribution in [0.4, 0.5) is 0 Å². The topological polar surface area (TPSA) is 45.5 Å². The molecule has 0 unspecified atom stereocenters. The molecule has 3 rings (SSSR count). The van der Waals surface area contributed by atoms with Crippen LogP contribution in [-0.2, 0) is 4.74 Å². The van der Waals surface area contributed by atoms with E-state index in [9.17, 15) is 0 Å². The third kappa shape index (κ3) is 2.74. The van der Waals surface area contributed by atoms with Crippen molar-refractivity contribution in [3.63, 3.8) is 0 Å². The van der Waals surface area contributed by atoms with Gasteiger partial charge in [0.2, 0.25) is 0 Å². The Morgan fingerprint density at radius 2 is 1.95 bits per heavy atom. The van der Waals surface area contributed by atoms with Crippen molar-refractivity contribution < 1.29 is 14.2 Å². The minimum atomic E-state index is 0.0354. The molecule has 0 amide bonds. The molecule has 21 heavy (non-hydrogen) atoms. The Hall–Kier alpha value is -2.01. The highest BCUT2D eigenvalue weighted by molar-refractivity contribution is 5.76. The van der Waals surface area contributed by atoms with Gasteiger partial charge in [0.1, 0.15) is 17.7 Å². The molecule has 0 N–H and O–H groups in total. The normalized spacial score (nSPS) is 18.5. The molecular weight excluding hydrogens is 268 g/mol. The van der Waals surface area contributed by atoms with Gasteiger partial charge in [-0.3, -0.25) is 0 Å². The Morgan fingerprint density at radius 1 is 1.19 bits per heavy atom. The lowest BCUT2D eigenvalue weighted by Crippen LogP contribution is -2.18. The molecule has 1 aliphatic rings. The first kappa shape index (κ1) is 13.9. The summed E-state index contributed by atoms with van der Waals surface area (Å²) in [5.74, 6) is 1.55. The zero-order valence-electron chi connectivity index (χ0n) is 12.4. The standard InChI is InChI=1S/C16H20N2O3/c1-19-13-6-5-7-14(20-2)16(13)12-10-17-18(11-12)15-8-3-4-9-21-15/h5-7,10-11,15H,3-4,8-9H2,1-2H3/t15-/m0/s1. The fourth-order valence-corrected chi connectivity index (χ4v) is 2.69. The second-order valence-electron chi connectivity index (χ2n) is 5.07. The van der Waals surface area contributed by atoms with Crippen LogP contribution < -0.4 is 9.47 Å². The molecule has 5 heteroatoms. The second-order valence-corrected chi connectivity index (χ2v) is 5.07. The van der Waals surface area contributed by atoms with Crippen LogP contribution in [0.1, 0.15) is 25.5 Å². The molecule has 1 aromatic heterocycles. The zero-order valence-corrected chi connectivity index (χ0v) is 12.4. The minimum Gasteiger partial charge on any atom is -0.496 e. The van der Waals surface area contributed by atoms with E-state index in [1.54, 1.807) is 14.2 Å². The average Bonchev–Trinajstić information content (AvgIpc) is 3.04. The number of aromatic nitrogens is 2. The summed E-state index contributed by atoms with van der Waals surface area (Å²) >= 11 is 0. The Balaban J connectivity index is 1.95. The molecule has 1 atom stereocenters. The van der Waals surface area contributed by atoms with E-state index in [1.165, 1.54) is 6.42 Å². The van der Waals surface area contributed by atoms with Gasteiger partial charge in [-0.15, -0.1) is 0 Å². The van der Waals surface area contributed by atoms with Gasteiger partial charge in [0.25, 0.3) is 0 Å². The Bertz CT molecular complexity index is 581. The molecule has 1 saturated heterocycles. The van der Waals surface area contributed by atoms with Crippen LogP contribution in [0.15, 0.2) is 30.6 Å². The fraction of sp³-hybridized carbons (Fsp3) is 0.438. The van der Waals surface area contributed by atoms with Crippen molar-refractivity contribution in [3.8, 4) is 22.6 Å². The zero-order chi connectivity index (χ0) is 14.7. The van der Waals surface area contributed by atoms with E-state index >= 15 is 0 Å². The van der Waals surface area contributed by atoms with Gasteiger partial charge in [0.15, 0.2) is 0 Å². The quantitative estimate of drug-likeness (QED) is 0.866. The van der Waals surface area contributed by atoms with E-state index in [0.717, 1.165) is 42.1 Å². The number of nitrogens with zero attached hydrogens (tertiary/aromatic N) is 2. The molecule has 0 spiro atoms. The van der Waals surface area contributed by atoms with E-state index in [2.05, 4.69) is 5.10 Å². The number of hydrogen-bond acceptors (Lipinski definition) is 4. The minimum absolute atomic E-state index is 0.0354. The van der Waals surface area contributed by atoms with Crippen molar-refractivity contribution in [2.45, 2.75) is 25.5 Å². The highest BCUT2D eigenvalue weighted by atomic mass is 16.5. The van der Waals surface area contributed by atoms with Gasteiger partial charge in [-0.25, -0.2) is 4.68 Å². The predicted molar refractivity (Wildman–Crippen MR) is 79.6 cm³/mol. The molecule has 1 aromatic carbocycles. The number of hydrogen-bond donors (Lipinski definition) is 0. The van der Waals surface area contributed by atoms with Crippen LogP contribution in [0.5, 0.6) is 11.5 Å². The molecule has 1 aliphatic heterocycles. The van der Waals surface area contributed by atoms with Crippen LogP contribution in [0.2, 0.25) is 0 Å². The molecule has 0 saturated carbocycles. The molecule has 0 aliphatic carbocycles. The third-order valence-electron chi connectivity index (χ3n) is 3.77. The molecule has 112 valence electrons. The van der Waals surface area contributed by atoms with Gasteiger partial charge in [-0.1, -0.05) is 6.07 Å². The summed E-state index contributed by atoms with van der Waals surface area (Å²) in [6.45, 7) is 0.803. The lowest BCUT2D eigenvalue weighted by molar-refractivity contribution is -0.0394. The smallest absolute Gasteiger partial charge is 0.150 e. The van der Waals surface area contributed by atoms with Gasteiger partial charge in [-0.05, 0) is 31.4 Å². The first-order valence-electron chi connectivity index (χ1n) is 7.20. The molecule has 2 aromatic rings. The second kappa shape index (κ2) is 6.18. The highest BCUT2D eigenvalue weighted by Gasteiger charge is 2.19. The van der Waals surface area contributed by atoms with Crippen molar-refractivity contribution in [2.75, 3.05) is 20.8 Å². The summed E-state index contributed by atoms with van der Waals surface area (Å²) in [4.78, 5) is 0. The summed E-state index contributed by atoms with van der Waals surface area (Å²) in [6, 6.07) is 5.76. The maximum absolute atomic E-state index is 5.76. The summed E-state index contributed by atoms with van der Waals surface area (Å²) in [7, 11) is 3.32. The van der Waals surface area contributed by atoms with E-state index in [-0.39, 0.29) is 6.23 Å². The van der Waals surface area contributed by atoms with Gasteiger partial charge < -0.3 is 14.2 Å². The fourth-order valence-electron chi connectivity index (χ4n) is 2.69. The maximum atomic E-state index is 5.76. The number of ether oxygens (including phenoxy) is 3. The van der Waals surface area contributed by atoms with E-state index in [1.807, 2.05) is 35.3 Å². The predicted octanol–water partition coefficient (Wildman–Crippen LogP) is 3.27. The first-order valence-corrected chi connectivity index (χ1v) is 7.20. The summed E-state index contributed by atoms with van der Waals surface area (Å²) in [5, 5.41) is 4.45. The molecular formula is C16H20N2O3. The van der Waals surface area contributed by atoms with Crippen LogP contribution in [0.25, 0.3) is 11.1 Å². The number of rotatable bonds is 4. The van der Waals surface area contributed by atoms with Crippen molar-refractivity contribution in [1.29, 1.82) is 0 Å². The lowest BCUT2D eigenvalue weighted by Gasteiger charge is -2.22. The van der Waals surface area contributed by atoms with Crippen LogP contribution in [0, 0.1) is 0 Å². The average molecular weight is 288 g/mol. The largest absolute Gasteiger partial charge is 0.496 e. The molecule has 5 nitrogen and oxygen atoms in total. The van der Waals surface area contributed by atoms with Crippen molar-refractivity contribution in [2.24, 2.45) is 0 Å². The molecule has 2 heterocycles. The first-order chi connectivity index (χ1) is 10.3. The van der Waals surface area contributed by atoms with Gasteiger partial charge in [-0.2, -0.15) is 5.10 Å². The van der Waals surface area contributed by atoms with Crippen molar-refractivity contribution in [3.05, 3.63) is 30.6 Å². The lowest BCUT2D eigenvalue weighted by atomic mass is 10.1. The molecule has 0 radical (unpaired) electrons. The summed E-state index contributed by atoms with van der Waals surface area (Å²) in [6.07, 6.45) is 7.18. The van der Waals surface area contributed by atoms with Gasteiger partial charge in [0, 0.05) is 18.4 Å². The highest BCUT2D eigenvalue weighted by Crippen LogP contribution is 2.38. The Morgan fingerprint density at radius 3 is 2.57 bits per heavy atom.